The highest BCUT2D eigenvalue weighted by atomic mass is 16.6. The molecule has 0 bridgehead atoms. The predicted octanol–water partition coefficient (Wildman–Crippen LogP) is 3.42. The van der Waals surface area contributed by atoms with Crippen molar-refractivity contribution in [3.8, 4) is 0 Å². The fraction of sp³-hybridized carbons (Fsp3) is 0.533. The van der Waals surface area contributed by atoms with Gasteiger partial charge in [-0.1, -0.05) is 6.92 Å². The highest BCUT2D eigenvalue weighted by Gasteiger charge is 2.28. The van der Waals surface area contributed by atoms with Crippen LogP contribution in [0.25, 0.3) is 0 Å². The third-order valence-corrected chi connectivity index (χ3v) is 4.01. The van der Waals surface area contributed by atoms with Gasteiger partial charge in [0.1, 0.15) is 5.69 Å². The molecule has 0 aromatic heterocycles. The van der Waals surface area contributed by atoms with E-state index in [9.17, 15) is 14.9 Å². The molecule has 1 aromatic carbocycles. The number of piperidine rings is 1. The molecule has 2 unspecified atom stereocenters. The number of Topliss-reactive ketones (excluding diaryl/α,β-unsaturated/α-hetero) is 1. The first-order chi connectivity index (χ1) is 9.40. The smallest absolute Gasteiger partial charge is 0.293 e. The molecule has 1 saturated heterocycles. The number of rotatable bonds is 3. The molecule has 2 atom stereocenters. The molecule has 1 aliphatic rings. The summed E-state index contributed by atoms with van der Waals surface area (Å²) in [6.45, 7) is 6.49. The number of nitro groups is 1. The van der Waals surface area contributed by atoms with Crippen molar-refractivity contribution in [2.45, 2.75) is 39.7 Å². The largest absolute Gasteiger partial charge is 0.363 e. The summed E-state index contributed by atoms with van der Waals surface area (Å²) in [5, 5.41) is 11.3. The molecular formula is C15H20N2O3. The van der Waals surface area contributed by atoms with Crippen molar-refractivity contribution in [2.24, 2.45) is 5.92 Å². The summed E-state index contributed by atoms with van der Waals surface area (Å²) in [5.41, 5.74) is 1.04. The van der Waals surface area contributed by atoms with E-state index in [1.807, 2.05) is 0 Å². The van der Waals surface area contributed by atoms with Crippen LogP contribution >= 0.6 is 0 Å². The molecule has 1 fully saturated rings. The molecule has 0 aliphatic carbocycles. The summed E-state index contributed by atoms with van der Waals surface area (Å²) in [5.74, 6) is 0.373. The molecule has 108 valence electrons. The lowest BCUT2D eigenvalue weighted by Gasteiger charge is -2.38. The van der Waals surface area contributed by atoms with Crippen molar-refractivity contribution in [3.63, 3.8) is 0 Å². The van der Waals surface area contributed by atoms with Gasteiger partial charge in [-0.05, 0) is 44.7 Å². The second-order valence-electron chi connectivity index (χ2n) is 5.70. The van der Waals surface area contributed by atoms with Crippen LogP contribution in [0.15, 0.2) is 18.2 Å². The van der Waals surface area contributed by atoms with E-state index in [0.29, 0.717) is 17.2 Å². The van der Waals surface area contributed by atoms with Gasteiger partial charge in [-0.25, -0.2) is 0 Å². The summed E-state index contributed by atoms with van der Waals surface area (Å²) in [6, 6.07) is 5.07. The van der Waals surface area contributed by atoms with Crippen LogP contribution in [0, 0.1) is 16.0 Å². The quantitative estimate of drug-likeness (QED) is 0.482. The van der Waals surface area contributed by atoms with Gasteiger partial charge in [0.15, 0.2) is 5.78 Å². The number of hydrogen-bond acceptors (Lipinski definition) is 4. The van der Waals surface area contributed by atoms with Crippen LogP contribution in [0.1, 0.15) is 44.0 Å². The third kappa shape index (κ3) is 2.81. The fourth-order valence-corrected chi connectivity index (χ4v) is 2.76. The summed E-state index contributed by atoms with van der Waals surface area (Å²) in [6.07, 6.45) is 2.18. The molecule has 2 rings (SSSR count). The van der Waals surface area contributed by atoms with Gasteiger partial charge < -0.3 is 4.90 Å². The number of anilines is 1. The van der Waals surface area contributed by atoms with Crippen LogP contribution in [-0.2, 0) is 0 Å². The fourth-order valence-electron chi connectivity index (χ4n) is 2.76. The van der Waals surface area contributed by atoms with E-state index in [1.54, 1.807) is 12.1 Å². The van der Waals surface area contributed by atoms with E-state index in [-0.39, 0.29) is 17.5 Å². The van der Waals surface area contributed by atoms with Gasteiger partial charge in [0.25, 0.3) is 5.69 Å². The van der Waals surface area contributed by atoms with Gasteiger partial charge in [0.2, 0.25) is 0 Å². The molecule has 0 amide bonds. The van der Waals surface area contributed by atoms with Gasteiger partial charge in [-0.15, -0.1) is 0 Å². The number of carbonyl (C=O) groups excluding carboxylic acids is 1. The Morgan fingerprint density at radius 1 is 1.35 bits per heavy atom. The molecule has 1 aliphatic heterocycles. The Morgan fingerprint density at radius 3 is 2.65 bits per heavy atom. The minimum absolute atomic E-state index is 0.0265. The molecule has 1 aromatic rings. The minimum Gasteiger partial charge on any atom is -0.363 e. The maximum Gasteiger partial charge on any atom is 0.293 e. The number of benzene rings is 1. The first kappa shape index (κ1) is 14.5. The monoisotopic (exact) mass is 276 g/mol. The van der Waals surface area contributed by atoms with Crippen LogP contribution in [0.2, 0.25) is 0 Å². The second kappa shape index (κ2) is 5.61. The predicted molar refractivity (Wildman–Crippen MR) is 78.3 cm³/mol. The topological polar surface area (TPSA) is 63.5 Å². The van der Waals surface area contributed by atoms with Gasteiger partial charge in [0.05, 0.1) is 4.92 Å². The van der Waals surface area contributed by atoms with Crippen molar-refractivity contribution in [2.75, 3.05) is 11.4 Å². The number of carbonyl (C=O) groups is 1. The molecule has 5 heteroatoms. The Labute approximate surface area is 118 Å². The zero-order valence-corrected chi connectivity index (χ0v) is 12.1. The van der Waals surface area contributed by atoms with E-state index in [1.165, 1.54) is 13.0 Å². The number of nitrogens with zero attached hydrogens (tertiary/aromatic N) is 2. The van der Waals surface area contributed by atoms with Gasteiger partial charge >= 0.3 is 0 Å². The van der Waals surface area contributed by atoms with Crippen molar-refractivity contribution < 1.29 is 9.72 Å². The molecular weight excluding hydrogens is 256 g/mol. The maximum absolute atomic E-state index is 11.4. The second-order valence-corrected chi connectivity index (χ2v) is 5.70. The molecule has 0 N–H and O–H groups in total. The molecule has 5 nitrogen and oxygen atoms in total. The number of nitro benzene ring substituents is 1. The summed E-state index contributed by atoms with van der Waals surface area (Å²) in [4.78, 5) is 24.4. The minimum atomic E-state index is -0.395. The average Bonchev–Trinajstić information content (AvgIpc) is 2.40. The van der Waals surface area contributed by atoms with Crippen LogP contribution in [0.3, 0.4) is 0 Å². The van der Waals surface area contributed by atoms with Crippen molar-refractivity contribution in [1.82, 2.24) is 0 Å². The maximum atomic E-state index is 11.4. The van der Waals surface area contributed by atoms with E-state index < -0.39 is 4.92 Å². The molecule has 20 heavy (non-hydrogen) atoms. The van der Waals surface area contributed by atoms with Gasteiger partial charge in [-0.2, -0.15) is 0 Å². The Morgan fingerprint density at radius 2 is 2.05 bits per heavy atom. The number of hydrogen-bond donors (Lipinski definition) is 0. The highest BCUT2D eigenvalue weighted by molar-refractivity contribution is 5.95. The highest BCUT2D eigenvalue weighted by Crippen LogP contribution is 2.34. The first-order valence-corrected chi connectivity index (χ1v) is 6.96. The SMILES string of the molecule is CC(=O)c1ccc(N2CC(C)CCC2C)c([N+](=O)[O-])c1. The van der Waals surface area contributed by atoms with E-state index in [0.717, 1.165) is 19.4 Å². The summed E-state index contributed by atoms with van der Waals surface area (Å²) in [7, 11) is 0. The summed E-state index contributed by atoms with van der Waals surface area (Å²) >= 11 is 0. The normalized spacial score (nSPS) is 22.6. The zero-order chi connectivity index (χ0) is 14.9. The average molecular weight is 276 g/mol. The first-order valence-electron chi connectivity index (χ1n) is 6.96. The zero-order valence-electron chi connectivity index (χ0n) is 12.1. The third-order valence-electron chi connectivity index (χ3n) is 4.01. The Bertz CT molecular complexity index is 542. The Kier molecular flexibility index (Phi) is 4.06. The lowest BCUT2D eigenvalue weighted by Crippen LogP contribution is -2.41. The lowest BCUT2D eigenvalue weighted by atomic mass is 9.94. The van der Waals surface area contributed by atoms with Crippen LogP contribution in [-0.4, -0.2) is 23.3 Å². The van der Waals surface area contributed by atoms with Gasteiger partial charge in [0, 0.05) is 24.2 Å². The molecule has 0 spiro atoms. The van der Waals surface area contributed by atoms with Crippen molar-refractivity contribution >= 4 is 17.2 Å². The van der Waals surface area contributed by atoms with Crippen molar-refractivity contribution in [3.05, 3.63) is 33.9 Å². The van der Waals surface area contributed by atoms with Crippen LogP contribution < -0.4 is 4.90 Å². The van der Waals surface area contributed by atoms with E-state index >= 15 is 0 Å². The van der Waals surface area contributed by atoms with E-state index in [4.69, 9.17) is 0 Å². The summed E-state index contributed by atoms with van der Waals surface area (Å²) < 4.78 is 0. The van der Waals surface area contributed by atoms with E-state index in [2.05, 4.69) is 18.7 Å². The number of ketones is 1. The standard InChI is InChI=1S/C15H20N2O3/c1-10-4-5-11(2)16(9-10)14-7-6-13(12(3)18)8-15(14)17(19)20/h6-8,10-11H,4-5,9H2,1-3H3. The molecule has 1 heterocycles. The van der Waals surface area contributed by atoms with Crippen LogP contribution in [0.4, 0.5) is 11.4 Å². The Hall–Kier alpha value is -1.91. The Balaban J connectivity index is 2.44. The van der Waals surface area contributed by atoms with Crippen molar-refractivity contribution in [1.29, 1.82) is 0 Å². The molecule has 0 saturated carbocycles. The van der Waals surface area contributed by atoms with Crippen LogP contribution in [0.5, 0.6) is 0 Å². The van der Waals surface area contributed by atoms with Gasteiger partial charge in [-0.3, -0.25) is 14.9 Å². The lowest BCUT2D eigenvalue weighted by molar-refractivity contribution is -0.384. The molecule has 0 radical (unpaired) electrons.